The van der Waals surface area contributed by atoms with Crippen LogP contribution in [0.15, 0.2) is 41.3 Å². The predicted molar refractivity (Wildman–Crippen MR) is 103 cm³/mol. The SMILES string of the molecule is Cc1ccc(S(=O)(=O)N2CCC(C)CC2)cc1C(=O)Nc1c(F)cccc1F. The lowest BCUT2D eigenvalue weighted by molar-refractivity contribution is 0.102. The zero-order chi connectivity index (χ0) is 20.5. The minimum absolute atomic E-state index is 0.00758. The minimum Gasteiger partial charge on any atom is -0.317 e. The van der Waals surface area contributed by atoms with Gasteiger partial charge in [-0.15, -0.1) is 0 Å². The Labute approximate surface area is 163 Å². The molecule has 2 aromatic rings. The van der Waals surface area contributed by atoms with Crippen molar-refractivity contribution in [1.82, 2.24) is 4.31 Å². The van der Waals surface area contributed by atoms with Crippen LogP contribution in [0.5, 0.6) is 0 Å². The molecule has 5 nitrogen and oxygen atoms in total. The third kappa shape index (κ3) is 4.07. The largest absolute Gasteiger partial charge is 0.317 e. The molecule has 0 saturated carbocycles. The van der Waals surface area contributed by atoms with Gasteiger partial charge in [-0.1, -0.05) is 19.1 Å². The first-order valence-electron chi connectivity index (χ1n) is 9.06. The lowest BCUT2D eigenvalue weighted by Crippen LogP contribution is -2.38. The second kappa shape index (κ2) is 7.97. The zero-order valence-electron chi connectivity index (χ0n) is 15.7. The Kier molecular flexibility index (Phi) is 5.81. The van der Waals surface area contributed by atoms with Gasteiger partial charge in [-0.3, -0.25) is 4.79 Å². The van der Waals surface area contributed by atoms with Gasteiger partial charge in [0.2, 0.25) is 10.0 Å². The molecule has 1 aliphatic heterocycles. The van der Waals surface area contributed by atoms with Gasteiger partial charge >= 0.3 is 0 Å². The van der Waals surface area contributed by atoms with E-state index in [0.717, 1.165) is 25.0 Å². The van der Waals surface area contributed by atoms with Crippen molar-refractivity contribution in [2.45, 2.75) is 31.6 Å². The van der Waals surface area contributed by atoms with Crippen molar-refractivity contribution in [3.8, 4) is 0 Å². The Morgan fingerprint density at radius 1 is 1.11 bits per heavy atom. The number of nitrogens with zero attached hydrogens (tertiary/aromatic N) is 1. The van der Waals surface area contributed by atoms with Crippen LogP contribution in [0.1, 0.15) is 35.7 Å². The van der Waals surface area contributed by atoms with E-state index in [0.29, 0.717) is 24.6 Å². The van der Waals surface area contributed by atoms with Gasteiger partial charge in [0.25, 0.3) is 5.91 Å². The lowest BCUT2D eigenvalue weighted by atomic mass is 10.0. The van der Waals surface area contributed by atoms with Gasteiger partial charge in [0.1, 0.15) is 17.3 Å². The molecule has 28 heavy (non-hydrogen) atoms. The van der Waals surface area contributed by atoms with E-state index in [4.69, 9.17) is 0 Å². The topological polar surface area (TPSA) is 66.5 Å². The van der Waals surface area contributed by atoms with Crippen LogP contribution in [-0.2, 0) is 10.0 Å². The van der Waals surface area contributed by atoms with E-state index in [9.17, 15) is 22.0 Å². The number of nitrogens with one attached hydrogen (secondary N) is 1. The summed E-state index contributed by atoms with van der Waals surface area (Å²) in [7, 11) is -3.74. The summed E-state index contributed by atoms with van der Waals surface area (Å²) in [6.45, 7) is 4.57. The Morgan fingerprint density at radius 2 is 1.71 bits per heavy atom. The molecule has 150 valence electrons. The molecule has 0 aliphatic carbocycles. The number of carbonyl (C=O) groups excluding carboxylic acids is 1. The lowest BCUT2D eigenvalue weighted by Gasteiger charge is -2.29. The third-order valence-corrected chi connectivity index (χ3v) is 6.93. The van der Waals surface area contributed by atoms with E-state index in [1.165, 1.54) is 28.6 Å². The normalized spacial score (nSPS) is 16.1. The zero-order valence-corrected chi connectivity index (χ0v) is 16.5. The van der Waals surface area contributed by atoms with Gasteiger partial charge in [0.15, 0.2) is 0 Å². The molecule has 1 saturated heterocycles. The molecule has 1 aliphatic rings. The van der Waals surface area contributed by atoms with E-state index in [1.54, 1.807) is 6.92 Å². The van der Waals surface area contributed by atoms with E-state index in [-0.39, 0.29) is 10.5 Å². The van der Waals surface area contributed by atoms with Gasteiger partial charge in [-0.25, -0.2) is 17.2 Å². The number of anilines is 1. The summed E-state index contributed by atoms with van der Waals surface area (Å²) in [5, 5.41) is 2.20. The molecule has 2 aromatic carbocycles. The Hall–Kier alpha value is -2.32. The van der Waals surface area contributed by atoms with Gasteiger partial charge in [0, 0.05) is 18.7 Å². The molecule has 3 rings (SSSR count). The number of halogens is 2. The second-order valence-electron chi connectivity index (χ2n) is 7.11. The van der Waals surface area contributed by atoms with Crippen LogP contribution in [0.2, 0.25) is 0 Å². The molecule has 1 heterocycles. The van der Waals surface area contributed by atoms with Gasteiger partial charge in [0.05, 0.1) is 4.90 Å². The van der Waals surface area contributed by atoms with E-state index in [1.807, 2.05) is 0 Å². The first-order valence-corrected chi connectivity index (χ1v) is 10.5. The minimum atomic E-state index is -3.74. The molecule has 0 radical (unpaired) electrons. The average Bonchev–Trinajstić information content (AvgIpc) is 2.65. The number of aryl methyl sites for hydroxylation is 1. The van der Waals surface area contributed by atoms with Crippen LogP contribution < -0.4 is 5.32 Å². The van der Waals surface area contributed by atoms with Crippen molar-refractivity contribution in [3.63, 3.8) is 0 Å². The van der Waals surface area contributed by atoms with Gasteiger partial charge < -0.3 is 5.32 Å². The molecule has 0 bridgehead atoms. The molecule has 0 spiro atoms. The number of para-hydroxylation sites is 1. The summed E-state index contributed by atoms with van der Waals surface area (Å²) < 4.78 is 54.9. The molecule has 1 fully saturated rings. The molecule has 1 N–H and O–H groups in total. The molecular formula is C20H22F2N2O3S. The van der Waals surface area contributed by atoms with Gasteiger partial charge in [-0.05, 0) is 55.5 Å². The van der Waals surface area contributed by atoms with E-state index >= 15 is 0 Å². The predicted octanol–water partition coefficient (Wildman–Crippen LogP) is 3.95. The Balaban J connectivity index is 1.90. The van der Waals surface area contributed by atoms with Crippen molar-refractivity contribution in [2.75, 3.05) is 18.4 Å². The van der Waals surface area contributed by atoms with Crippen molar-refractivity contribution in [3.05, 3.63) is 59.2 Å². The van der Waals surface area contributed by atoms with Crippen molar-refractivity contribution >= 4 is 21.6 Å². The van der Waals surface area contributed by atoms with E-state index in [2.05, 4.69) is 12.2 Å². The number of amides is 1. The van der Waals surface area contributed by atoms with Crippen LogP contribution in [0.3, 0.4) is 0 Å². The van der Waals surface area contributed by atoms with Gasteiger partial charge in [-0.2, -0.15) is 4.31 Å². The highest BCUT2D eigenvalue weighted by atomic mass is 32.2. The van der Waals surface area contributed by atoms with Crippen molar-refractivity contribution < 1.29 is 22.0 Å². The summed E-state index contributed by atoms with van der Waals surface area (Å²) in [4.78, 5) is 12.6. The second-order valence-corrected chi connectivity index (χ2v) is 9.05. The van der Waals surface area contributed by atoms with Crippen LogP contribution >= 0.6 is 0 Å². The first kappa shape index (κ1) is 20.4. The smallest absolute Gasteiger partial charge is 0.256 e. The van der Waals surface area contributed by atoms with Crippen LogP contribution in [0.25, 0.3) is 0 Å². The Morgan fingerprint density at radius 3 is 2.32 bits per heavy atom. The summed E-state index contributed by atoms with van der Waals surface area (Å²) >= 11 is 0. The Bertz CT molecular complexity index is 980. The number of rotatable bonds is 4. The highest BCUT2D eigenvalue weighted by Crippen LogP contribution is 2.26. The molecule has 0 unspecified atom stereocenters. The summed E-state index contributed by atoms with van der Waals surface area (Å²) in [6.07, 6.45) is 1.57. The summed E-state index contributed by atoms with van der Waals surface area (Å²) in [5.41, 5.74) is -0.0141. The molecule has 1 amide bonds. The first-order chi connectivity index (χ1) is 13.2. The number of carbonyl (C=O) groups is 1. The van der Waals surface area contributed by atoms with Crippen molar-refractivity contribution in [2.24, 2.45) is 5.92 Å². The molecule has 0 aromatic heterocycles. The maximum absolute atomic E-state index is 13.8. The summed E-state index contributed by atoms with van der Waals surface area (Å²) in [5.74, 6) is -2.11. The molecule has 0 atom stereocenters. The fourth-order valence-corrected chi connectivity index (χ4v) is 4.68. The van der Waals surface area contributed by atoms with Crippen LogP contribution in [-0.4, -0.2) is 31.7 Å². The number of sulfonamides is 1. The van der Waals surface area contributed by atoms with E-state index < -0.39 is 33.3 Å². The summed E-state index contributed by atoms with van der Waals surface area (Å²) in [6, 6.07) is 7.48. The maximum Gasteiger partial charge on any atom is 0.256 e. The monoisotopic (exact) mass is 408 g/mol. The van der Waals surface area contributed by atoms with Crippen molar-refractivity contribution in [1.29, 1.82) is 0 Å². The van der Waals surface area contributed by atoms with Crippen LogP contribution in [0.4, 0.5) is 14.5 Å². The molecule has 8 heteroatoms. The fourth-order valence-electron chi connectivity index (χ4n) is 3.18. The number of benzene rings is 2. The number of hydrogen-bond acceptors (Lipinski definition) is 3. The number of hydrogen-bond donors (Lipinski definition) is 1. The highest BCUT2D eigenvalue weighted by molar-refractivity contribution is 7.89. The maximum atomic E-state index is 13.8. The fraction of sp³-hybridized carbons (Fsp3) is 0.350. The number of piperidine rings is 1. The molecular weight excluding hydrogens is 386 g/mol. The standard InChI is InChI=1S/C20H22F2N2O3S/c1-13-8-10-24(11-9-13)28(26,27)15-7-6-14(2)16(12-15)20(25)23-19-17(21)4-3-5-18(19)22/h3-7,12-13H,8-11H2,1-2H3,(H,23,25). The quantitative estimate of drug-likeness (QED) is 0.833. The highest BCUT2D eigenvalue weighted by Gasteiger charge is 2.29. The third-order valence-electron chi connectivity index (χ3n) is 5.04. The van der Waals surface area contributed by atoms with Crippen LogP contribution in [0, 0.1) is 24.5 Å². The average molecular weight is 408 g/mol.